The number of hydrogen-bond acceptors (Lipinski definition) is 6. The lowest BCUT2D eigenvalue weighted by atomic mass is 10.1. The van der Waals surface area contributed by atoms with Crippen molar-refractivity contribution in [1.82, 2.24) is 20.3 Å². The molecule has 0 radical (unpaired) electrons. The Morgan fingerprint density at radius 1 is 1.29 bits per heavy atom. The van der Waals surface area contributed by atoms with E-state index >= 15 is 0 Å². The Morgan fingerprint density at radius 3 is 2.89 bits per heavy atom. The summed E-state index contributed by atoms with van der Waals surface area (Å²) in [5.41, 5.74) is 2.71. The number of nitrogens with one attached hydrogen (secondary N) is 2. The zero-order chi connectivity index (χ0) is 19.3. The molecule has 1 fully saturated rings. The summed E-state index contributed by atoms with van der Waals surface area (Å²) in [5.74, 6) is 0.371. The van der Waals surface area contributed by atoms with E-state index in [1.807, 2.05) is 42.5 Å². The van der Waals surface area contributed by atoms with Crippen molar-refractivity contribution >= 4 is 11.6 Å². The van der Waals surface area contributed by atoms with Crippen LogP contribution in [0.5, 0.6) is 5.75 Å². The number of rotatable bonds is 5. The predicted octanol–water partition coefficient (Wildman–Crippen LogP) is 2.19. The van der Waals surface area contributed by atoms with Gasteiger partial charge in [-0.2, -0.15) is 9.90 Å². The zero-order valence-electron chi connectivity index (χ0n) is 15.5. The van der Waals surface area contributed by atoms with E-state index in [2.05, 4.69) is 20.8 Å². The lowest BCUT2D eigenvalue weighted by Gasteiger charge is -2.24. The number of nitrogens with zero attached hydrogens (tertiary/aromatic N) is 3. The third-order valence-corrected chi connectivity index (χ3v) is 4.48. The van der Waals surface area contributed by atoms with Gasteiger partial charge in [-0.25, -0.2) is 0 Å². The van der Waals surface area contributed by atoms with E-state index in [0.29, 0.717) is 23.7 Å². The second-order valence-electron chi connectivity index (χ2n) is 6.36. The molecular weight excluding hydrogens is 358 g/mol. The van der Waals surface area contributed by atoms with E-state index in [1.165, 1.54) is 11.0 Å². The molecule has 3 aromatic rings. The molecule has 2 N–H and O–H groups in total. The minimum absolute atomic E-state index is 0.0428. The highest BCUT2D eigenvalue weighted by Crippen LogP contribution is 2.21. The molecule has 2 aromatic carbocycles. The van der Waals surface area contributed by atoms with Crippen LogP contribution < -0.4 is 15.4 Å². The van der Waals surface area contributed by atoms with Gasteiger partial charge in [0.25, 0.3) is 5.91 Å². The number of anilines is 1. The minimum atomic E-state index is -0.322. The zero-order valence-corrected chi connectivity index (χ0v) is 15.5. The maximum atomic E-state index is 12.5. The summed E-state index contributed by atoms with van der Waals surface area (Å²) < 4.78 is 10.9. The van der Waals surface area contributed by atoms with Crippen LogP contribution in [0.4, 0.5) is 5.69 Å². The molecular formula is C20H21N5O3. The van der Waals surface area contributed by atoms with E-state index in [0.717, 1.165) is 18.7 Å². The number of ether oxygens (including phenoxy) is 2. The first-order valence-electron chi connectivity index (χ1n) is 9.03. The first-order valence-corrected chi connectivity index (χ1v) is 9.03. The van der Waals surface area contributed by atoms with Gasteiger partial charge in [0.2, 0.25) is 0 Å². The number of benzene rings is 2. The standard InChI is InChI=1S/C20H21N5O3/c1-27-17-4-2-3-16(11-17)25-22-12-18(24-25)20(26)23-15-7-5-14(6-8-15)19-13-21-9-10-28-19/h2-8,11-12,19,21H,9-10,13H2,1H3,(H,23,26). The van der Waals surface area contributed by atoms with Crippen molar-refractivity contribution in [2.75, 3.05) is 32.1 Å². The van der Waals surface area contributed by atoms with E-state index < -0.39 is 0 Å². The Balaban J connectivity index is 1.43. The molecule has 0 saturated carbocycles. The van der Waals surface area contributed by atoms with Crippen LogP contribution in [-0.4, -0.2) is 47.7 Å². The number of carbonyl (C=O) groups is 1. The van der Waals surface area contributed by atoms with Crippen molar-refractivity contribution in [2.24, 2.45) is 0 Å². The summed E-state index contributed by atoms with van der Waals surface area (Å²) in [6.07, 6.45) is 1.48. The molecule has 1 unspecified atom stereocenters. The van der Waals surface area contributed by atoms with Crippen molar-refractivity contribution in [1.29, 1.82) is 0 Å². The summed E-state index contributed by atoms with van der Waals surface area (Å²) in [4.78, 5) is 13.9. The molecule has 0 bridgehead atoms. The van der Waals surface area contributed by atoms with Crippen molar-refractivity contribution < 1.29 is 14.3 Å². The molecule has 1 aliphatic rings. The summed E-state index contributed by atoms with van der Waals surface area (Å²) in [5, 5.41) is 14.6. The molecule has 2 heterocycles. The van der Waals surface area contributed by atoms with Gasteiger partial charge >= 0.3 is 0 Å². The molecule has 4 rings (SSSR count). The molecule has 0 spiro atoms. The van der Waals surface area contributed by atoms with Gasteiger partial charge in [-0.05, 0) is 29.8 Å². The van der Waals surface area contributed by atoms with Gasteiger partial charge in [0.05, 0.1) is 31.7 Å². The average Bonchev–Trinajstić information content (AvgIpc) is 3.25. The molecule has 1 amide bonds. The fraction of sp³-hybridized carbons (Fsp3) is 0.250. The van der Waals surface area contributed by atoms with Gasteiger partial charge in [0.1, 0.15) is 5.75 Å². The molecule has 1 aliphatic heterocycles. The number of amides is 1. The third kappa shape index (κ3) is 4.03. The number of hydrogen-bond donors (Lipinski definition) is 2. The lowest BCUT2D eigenvalue weighted by molar-refractivity contribution is 0.0277. The SMILES string of the molecule is COc1cccc(-n2ncc(C(=O)Nc3ccc(C4CNCCO4)cc3)n2)c1. The topological polar surface area (TPSA) is 90.3 Å². The number of methoxy groups -OCH3 is 1. The maximum Gasteiger partial charge on any atom is 0.277 e. The normalized spacial score (nSPS) is 16.5. The lowest BCUT2D eigenvalue weighted by Crippen LogP contribution is -2.33. The number of morpholine rings is 1. The van der Waals surface area contributed by atoms with Gasteiger partial charge in [0, 0.05) is 24.8 Å². The van der Waals surface area contributed by atoms with Crippen LogP contribution in [0, 0.1) is 0 Å². The van der Waals surface area contributed by atoms with E-state index in [9.17, 15) is 4.79 Å². The van der Waals surface area contributed by atoms with Gasteiger partial charge < -0.3 is 20.1 Å². The monoisotopic (exact) mass is 379 g/mol. The smallest absolute Gasteiger partial charge is 0.277 e. The van der Waals surface area contributed by atoms with Crippen molar-refractivity contribution in [3.8, 4) is 11.4 Å². The van der Waals surface area contributed by atoms with Crippen LogP contribution in [-0.2, 0) is 4.74 Å². The van der Waals surface area contributed by atoms with E-state index in [-0.39, 0.29) is 17.7 Å². The van der Waals surface area contributed by atoms with Crippen molar-refractivity contribution in [3.05, 3.63) is 66.0 Å². The van der Waals surface area contributed by atoms with Gasteiger partial charge in [-0.3, -0.25) is 4.79 Å². The van der Waals surface area contributed by atoms with Crippen LogP contribution in [0.3, 0.4) is 0 Å². The first-order chi connectivity index (χ1) is 13.7. The van der Waals surface area contributed by atoms with Crippen LogP contribution >= 0.6 is 0 Å². The first kappa shape index (κ1) is 18.1. The number of aromatic nitrogens is 3. The average molecular weight is 379 g/mol. The van der Waals surface area contributed by atoms with Crippen LogP contribution in [0.2, 0.25) is 0 Å². The second-order valence-corrected chi connectivity index (χ2v) is 6.36. The maximum absolute atomic E-state index is 12.5. The largest absolute Gasteiger partial charge is 0.497 e. The molecule has 1 atom stereocenters. The predicted molar refractivity (Wildman–Crippen MR) is 104 cm³/mol. The van der Waals surface area contributed by atoms with Crippen LogP contribution in [0.1, 0.15) is 22.2 Å². The Labute approximate surface area is 162 Å². The number of carbonyl (C=O) groups excluding carboxylic acids is 1. The quantitative estimate of drug-likeness (QED) is 0.706. The Morgan fingerprint density at radius 2 is 2.14 bits per heavy atom. The Kier molecular flexibility index (Phi) is 5.31. The Hall–Kier alpha value is -3.23. The van der Waals surface area contributed by atoms with E-state index in [4.69, 9.17) is 9.47 Å². The summed E-state index contributed by atoms with van der Waals surface area (Å²) in [7, 11) is 1.59. The molecule has 8 nitrogen and oxygen atoms in total. The summed E-state index contributed by atoms with van der Waals surface area (Å²) in [6, 6.07) is 14.9. The fourth-order valence-electron chi connectivity index (χ4n) is 2.98. The van der Waals surface area contributed by atoms with Gasteiger partial charge in [-0.15, -0.1) is 5.10 Å². The molecule has 28 heavy (non-hydrogen) atoms. The van der Waals surface area contributed by atoms with Gasteiger partial charge in [0.15, 0.2) is 5.69 Å². The molecule has 1 aromatic heterocycles. The third-order valence-electron chi connectivity index (χ3n) is 4.48. The summed E-state index contributed by atoms with van der Waals surface area (Å²) in [6.45, 7) is 2.37. The highest BCUT2D eigenvalue weighted by atomic mass is 16.5. The summed E-state index contributed by atoms with van der Waals surface area (Å²) >= 11 is 0. The van der Waals surface area contributed by atoms with Crippen molar-refractivity contribution in [2.45, 2.75) is 6.10 Å². The fourth-order valence-corrected chi connectivity index (χ4v) is 2.98. The van der Waals surface area contributed by atoms with Crippen LogP contribution in [0.25, 0.3) is 5.69 Å². The minimum Gasteiger partial charge on any atom is -0.497 e. The van der Waals surface area contributed by atoms with Gasteiger partial charge in [-0.1, -0.05) is 18.2 Å². The molecule has 144 valence electrons. The highest BCUT2D eigenvalue weighted by Gasteiger charge is 2.16. The second kappa shape index (κ2) is 8.20. The van der Waals surface area contributed by atoms with Crippen molar-refractivity contribution in [3.63, 3.8) is 0 Å². The Bertz CT molecular complexity index is 948. The molecule has 1 saturated heterocycles. The molecule has 0 aliphatic carbocycles. The molecule has 8 heteroatoms. The van der Waals surface area contributed by atoms with Crippen LogP contribution in [0.15, 0.2) is 54.7 Å². The van der Waals surface area contributed by atoms with E-state index in [1.54, 1.807) is 13.2 Å². The highest BCUT2D eigenvalue weighted by molar-refractivity contribution is 6.02.